The van der Waals surface area contributed by atoms with E-state index in [1.807, 2.05) is 49.4 Å². The Morgan fingerprint density at radius 3 is 2.42 bits per heavy atom. The minimum absolute atomic E-state index is 0.0971. The minimum atomic E-state index is -0.287. The number of ether oxygens (including phenoxy) is 3. The summed E-state index contributed by atoms with van der Waals surface area (Å²) >= 11 is 0. The van der Waals surface area contributed by atoms with Crippen LogP contribution >= 0.6 is 0 Å². The Morgan fingerprint density at radius 2 is 1.69 bits per heavy atom. The third-order valence-corrected chi connectivity index (χ3v) is 6.23. The zero-order valence-electron chi connectivity index (χ0n) is 21.5. The van der Waals surface area contributed by atoms with E-state index in [4.69, 9.17) is 19.2 Å². The third kappa shape index (κ3) is 5.46. The van der Waals surface area contributed by atoms with Crippen LogP contribution in [0.5, 0.6) is 17.2 Å². The molecule has 0 saturated carbocycles. The Bertz CT molecular complexity index is 1340. The van der Waals surface area contributed by atoms with Crippen LogP contribution in [0.15, 0.2) is 60.7 Å². The zero-order valence-corrected chi connectivity index (χ0v) is 21.5. The lowest BCUT2D eigenvalue weighted by molar-refractivity contribution is -0.121. The van der Waals surface area contributed by atoms with Crippen molar-refractivity contribution in [2.45, 2.75) is 39.8 Å². The number of carbonyl (C=O) groups is 1. The lowest BCUT2D eigenvalue weighted by Gasteiger charge is -2.18. The standard InChI is InChI=1S/C29H33N3O4/c1-19-9-8-10-20(2)28(19)36-16-15-32-24-12-7-6-11-23(24)31-29(32)21(3)30-27(33)18-22-13-14-25(34-4)26(17-22)35-5/h6-14,17,21H,15-16,18H2,1-5H3,(H,30,33). The highest BCUT2D eigenvalue weighted by molar-refractivity contribution is 5.80. The van der Waals surface area contributed by atoms with Gasteiger partial charge >= 0.3 is 0 Å². The first kappa shape index (κ1) is 25.1. The second-order valence-electron chi connectivity index (χ2n) is 8.84. The second kappa shape index (κ2) is 11.2. The van der Waals surface area contributed by atoms with Crippen LogP contribution in [0.1, 0.15) is 35.5 Å². The predicted molar refractivity (Wildman–Crippen MR) is 141 cm³/mol. The van der Waals surface area contributed by atoms with Gasteiger partial charge in [-0.05, 0) is 61.7 Å². The van der Waals surface area contributed by atoms with Gasteiger partial charge in [0.1, 0.15) is 18.2 Å². The molecule has 1 aromatic heterocycles. The second-order valence-corrected chi connectivity index (χ2v) is 8.84. The SMILES string of the molecule is COc1ccc(CC(=O)NC(C)c2nc3ccccc3n2CCOc2c(C)cccc2C)cc1OC. The first-order valence-electron chi connectivity index (χ1n) is 12.1. The molecular formula is C29H33N3O4. The summed E-state index contributed by atoms with van der Waals surface area (Å²) in [5, 5.41) is 3.10. The van der Waals surface area contributed by atoms with E-state index in [2.05, 4.69) is 35.9 Å². The molecular weight excluding hydrogens is 454 g/mol. The molecule has 0 aliphatic heterocycles. The van der Waals surface area contributed by atoms with Crippen molar-refractivity contribution in [3.8, 4) is 17.2 Å². The van der Waals surface area contributed by atoms with E-state index >= 15 is 0 Å². The van der Waals surface area contributed by atoms with Gasteiger partial charge in [-0.15, -0.1) is 0 Å². The number of hydrogen-bond acceptors (Lipinski definition) is 5. The van der Waals surface area contributed by atoms with Crippen LogP contribution in [0.4, 0.5) is 0 Å². The van der Waals surface area contributed by atoms with Gasteiger partial charge in [0.25, 0.3) is 0 Å². The normalized spacial score (nSPS) is 11.8. The van der Waals surface area contributed by atoms with Crippen LogP contribution in [-0.2, 0) is 17.8 Å². The lowest BCUT2D eigenvalue weighted by atomic mass is 10.1. The number of carbonyl (C=O) groups excluding carboxylic acids is 1. The van der Waals surface area contributed by atoms with Crippen molar-refractivity contribution in [3.63, 3.8) is 0 Å². The molecule has 3 aromatic carbocycles. The summed E-state index contributed by atoms with van der Waals surface area (Å²) in [6.07, 6.45) is 0.223. The minimum Gasteiger partial charge on any atom is -0.493 e. The summed E-state index contributed by atoms with van der Waals surface area (Å²) in [5.41, 5.74) is 4.97. The van der Waals surface area contributed by atoms with Crippen molar-refractivity contribution in [2.75, 3.05) is 20.8 Å². The number of amides is 1. The number of imidazole rings is 1. The Hall–Kier alpha value is -4.00. The van der Waals surface area contributed by atoms with Gasteiger partial charge in [-0.25, -0.2) is 4.98 Å². The van der Waals surface area contributed by atoms with Crippen LogP contribution < -0.4 is 19.5 Å². The van der Waals surface area contributed by atoms with Gasteiger partial charge in [0.15, 0.2) is 11.5 Å². The molecule has 0 aliphatic rings. The largest absolute Gasteiger partial charge is 0.493 e. The van der Waals surface area contributed by atoms with Crippen LogP contribution in [0.25, 0.3) is 11.0 Å². The summed E-state index contributed by atoms with van der Waals surface area (Å²) < 4.78 is 18.9. The lowest BCUT2D eigenvalue weighted by Crippen LogP contribution is -2.30. The molecule has 7 heteroatoms. The Kier molecular flexibility index (Phi) is 7.78. The number of hydrogen-bond donors (Lipinski definition) is 1. The van der Waals surface area contributed by atoms with Crippen LogP contribution in [-0.4, -0.2) is 36.3 Å². The monoisotopic (exact) mass is 487 g/mol. The quantitative estimate of drug-likeness (QED) is 0.334. The Labute approximate surface area is 212 Å². The maximum atomic E-state index is 12.9. The van der Waals surface area contributed by atoms with Crippen molar-refractivity contribution >= 4 is 16.9 Å². The fraction of sp³-hybridized carbons (Fsp3) is 0.310. The molecule has 7 nitrogen and oxygen atoms in total. The number of para-hydroxylation sites is 3. The summed E-state index contributed by atoms with van der Waals surface area (Å²) in [4.78, 5) is 17.7. The molecule has 4 aromatic rings. The fourth-order valence-electron chi connectivity index (χ4n) is 4.46. The summed E-state index contributed by atoms with van der Waals surface area (Å²) in [6, 6.07) is 19.3. The summed E-state index contributed by atoms with van der Waals surface area (Å²) in [6.45, 7) is 7.16. The van der Waals surface area contributed by atoms with Gasteiger partial charge in [-0.3, -0.25) is 4.79 Å². The van der Waals surface area contributed by atoms with Gasteiger partial charge < -0.3 is 24.1 Å². The molecule has 0 aliphatic carbocycles. The van der Waals surface area contributed by atoms with E-state index in [0.29, 0.717) is 24.7 Å². The fourth-order valence-corrected chi connectivity index (χ4v) is 4.46. The van der Waals surface area contributed by atoms with Gasteiger partial charge in [0.05, 0.1) is 44.3 Å². The van der Waals surface area contributed by atoms with Crippen molar-refractivity contribution in [1.82, 2.24) is 14.9 Å². The van der Waals surface area contributed by atoms with Crippen LogP contribution in [0, 0.1) is 13.8 Å². The molecule has 36 heavy (non-hydrogen) atoms. The van der Waals surface area contributed by atoms with E-state index in [0.717, 1.165) is 39.3 Å². The molecule has 1 amide bonds. The smallest absolute Gasteiger partial charge is 0.224 e. The van der Waals surface area contributed by atoms with Gasteiger partial charge in [0, 0.05) is 0 Å². The number of rotatable bonds is 10. The number of nitrogens with zero attached hydrogens (tertiary/aromatic N) is 2. The molecule has 0 radical (unpaired) electrons. The first-order valence-corrected chi connectivity index (χ1v) is 12.1. The number of benzene rings is 3. The Balaban J connectivity index is 1.49. The van der Waals surface area contributed by atoms with E-state index < -0.39 is 0 Å². The molecule has 1 unspecified atom stereocenters. The van der Waals surface area contributed by atoms with Crippen molar-refractivity contribution in [3.05, 3.63) is 83.2 Å². The predicted octanol–water partition coefficient (Wildman–Crippen LogP) is 5.17. The first-order chi connectivity index (χ1) is 17.4. The number of nitrogens with one attached hydrogen (secondary N) is 1. The molecule has 0 fully saturated rings. The van der Waals surface area contributed by atoms with Crippen LogP contribution in [0.2, 0.25) is 0 Å². The van der Waals surface area contributed by atoms with E-state index in [-0.39, 0.29) is 18.4 Å². The molecule has 1 heterocycles. The Morgan fingerprint density at radius 1 is 0.972 bits per heavy atom. The number of aromatic nitrogens is 2. The average Bonchev–Trinajstić information content (AvgIpc) is 3.24. The van der Waals surface area contributed by atoms with Crippen molar-refractivity contribution in [2.24, 2.45) is 0 Å². The molecule has 188 valence electrons. The maximum absolute atomic E-state index is 12.9. The molecule has 1 N–H and O–H groups in total. The molecule has 0 saturated heterocycles. The maximum Gasteiger partial charge on any atom is 0.224 e. The highest BCUT2D eigenvalue weighted by Crippen LogP contribution is 2.28. The van der Waals surface area contributed by atoms with Gasteiger partial charge in [0.2, 0.25) is 5.91 Å². The number of methoxy groups -OCH3 is 2. The number of fused-ring (bicyclic) bond motifs is 1. The molecule has 0 spiro atoms. The zero-order chi connectivity index (χ0) is 25.7. The van der Waals surface area contributed by atoms with Crippen molar-refractivity contribution in [1.29, 1.82) is 0 Å². The molecule has 0 bridgehead atoms. The summed E-state index contributed by atoms with van der Waals surface area (Å²) in [7, 11) is 3.17. The van der Waals surface area contributed by atoms with E-state index in [9.17, 15) is 4.79 Å². The highest BCUT2D eigenvalue weighted by atomic mass is 16.5. The van der Waals surface area contributed by atoms with Crippen molar-refractivity contribution < 1.29 is 19.0 Å². The van der Waals surface area contributed by atoms with Crippen LogP contribution in [0.3, 0.4) is 0 Å². The van der Waals surface area contributed by atoms with Gasteiger partial charge in [-0.2, -0.15) is 0 Å². The number of aryl methyl sites for hydroxylation is 2. The highest BCUT2D eigenvalue weighted by Gasteiger charge is 2.19. The average molecular weight is 488 g/mol. The van der Waals surface area contributed by atoms with E-state index in [1.165, 1.54) is 0 Å². The molecule has 1 atom stereocenters. The van der Waals surface area contributed by atoms with E-state index in [1.54, 1.807) is 20.3 Å². The van der Waals surface area contributed by atoms with Gasteiger partial charge in [-0.1, -0.05) is 36.4 Å². The summed E-state index contributed by atoms with van der Waals surface area (Å²) in [5.74, 6) is 2.84. The third-order valence-electron chi connectivity index (χ3n) is 6.23. The topological polar surface area (TPSA) is 74.6 Å². The molecule has 4 rings (SSSR count).